The molecule has 0 fully saturated rings. The third-order valence-electron chi connectivity index (χ3n) is 3.34. The van der Waals surface area contributed by atoms with Gasteiger partial charge in [-0.05, 0) is 44.9 Å². The predicted octanol–water partition coefficient (Wildman–Crippen LogP) is 1.31. The summed E-state index contributed by atoms with van der Waals surface area (Å²) in [5.41, 5.74) is 0.675. The van der Waals surface area contributed by atoms with Crippen LogP contribution in [0.5, 0.6) is 5.75 Å². The maximum atomic E-state index is 10.9. The number of carbonyl (C=O) groups excluding carboxylic acids is 1. The molecular weight excluding hydrogens is 282 g/mol. The highest BCUT2D eigenvalue weighted by molar-refractivity contribution is 5.75. The Labute approximate surface area is 132 Å². The topological polar surface area (TPSA) is 78.8 Å². The summed E-state index contributed by atoms with van der Waals surface area (Å²) in [7, 11) is 0. The molecule has 1 rings (SSSR count). The fraction of sp³-hybridized carbons (Fsp3) is 0.588. The third-order valence-corrected chi connectivity index (χ3v) is 3.34. The first-order valence-electron chi connectivity index (χ1n) is 7.57. The monoisotopic (exact) mass is 309 g/mol. The number of β-amino-alcohol motifs (C(OH)–C–C–N with tert-alkyl or cyclic N) is 1. The molecule has 0 unspecified atom stereocenters. The maximum Gasteiger partial charge on any atom is 0.130 e. The summed E-state index contributed by atoms with van der Waals surface area (Å²) >= 11 is 0. The molecule has 5 heteroatoms. The van der Waals surface area contributed by atoms with Gasteiger partial charge >= 0.3 is 0 Å². The molecule has 0 heterocycles. The molecule has 0 amide bonds. The number of aliphatic hydroxyl groups excluding tert-OH is 2. The van der Waals surface area contributed by atoms with Crippen LogP contribution in [0.3, 0.4) is 0 Å². The lowest BCUT2D eigenvalue weighted by Crippen LogP contribution is -2.47. The number of Topliss-reactive ketones (excluding diaryl/α,β-unsaturated/α-hetero) is 1. The van der Waals surface area contributed by atoms with E-state index in [1.165, 1.54) is 0 Å². The number of hydrogen-bond donors (Lipinski definition) is 3. The van der Waals surface area contributed by atoms with Crippen LogP contribution >= 0.6 is 0 Å². The lowest BCUT2D eigenvalue weighted by atomic mass is 10.1. The molecule has 1 atom stereocenters. The van der Waals surface area contributed by atoms with Crippen molar-refractivity contribution in [2.75, 3.05) is 19.8 Å². The molecule has 0 aliphatic heterocycles. The average Bonchev–Trinajstić information content (AvgIpc) is 2.50. The summed E-state index contributed by atoms with van der Waals surface area (Å²) < 4.78 is 5.53. The number of ether oxygens (including phenoxy) is 1. The van der Waals surface area contributed by atoms with Crippen molar-refractivity contribution in [3.63, 3.8) is 0 Å². The molecule has 0 aromatic heterocycles. The Morgan fingerprint density at radius 2 is 1.95 bits per heavy atom. The molecule has 0 radical (unpaired) electrons. The van der Waals surface area contributed by atoms with Crippen LogP contribution < -0.4 is 10.1 Å². The largest absolute Gasteiger partial charge is 0.491 e. The van der Waals surface area contributed by atoms with E-state index in [9.17, 15) is 9.90 Å². The van der Waals surface area contributed by atoms with Crippen molar-refractivity contribution < 1.29 is 19.7 Å². The van der Waals surface area contributed by atoms with Crippen molar-refractivity contribution in [3.8, 4) is 5.75 Å². The van der Waals surface area contributed by atoms with Crippen molar-refractivity contribution in [1.29, 1.82) is 0 Å². The van der Waals surface area contributed by atoms with Crippen molar-refractivity contribution >= 4 is 5.78 Å². The predicted molar refractivity (Wildman–Crippen MR) is 86.1 cm³/mol. The van der Waals surface area contributed by atoms with Crippen LogP contribution in [0.25, 0.3) is 0 Å². The maximum absolute atomic E-state index is 10.9. The van der Waals surface area contributed by atoms with E-state index in [0.29, 0.717) is 18.7 Å². The summed E-state index contributed by atoms with van der Waals surface area (Å²) in [4.78, 5) is 10.9. The number of benzene rings is 1. The number of nitrogens with one attached hydrogen (secondary N) is 1. The van der Waals surface area contributed by atoms with Gasteiger partial charge in [-0.15, -0.1) is 0 Å². The minimum Gasteiger partial charge on any atom is -0.491 e. The summed E-state index contributed by atoms with van der Waals surface area (Å²) in [5, 5.41) is 22.1. The van der Waals surface area contributed by atoms with Gasteiger partial charge in [-0.25, -0.2) is 0 Å². The number of rotatable bonds is 10. The first-order chi connectivity index (χ1) is 10.3. The number of ketones is 1. The molecule has 0 saturated carbocycles. The highest BCUT2D eigenvalue weighted by atomic mass is 16.5. The van der Waals surface area contributed by atoms with Crippen LogP contribution in [0.4, 0.5) is 0 Å². The van der Waals surface area contributed by atoms with Crippen LogP contribution in [0.15, 0.2) is 24.3 Å². The number of aliphatic hydroxyl groups is 2. The Kier molecular flexibility index (Phi) is 7.51. The smallest absolute Gasteiger partial charge is 0.130 e. The molecule has 0 aliphatic rings. The van der Waals surface area contributed by atoms with Crippen LogP contribution in [-0.4, -0.2) is 47.4 Å². The number of carbonyl (C=O) groups is 1. The highest BCUT2D eigenvalue weighted by Crippen LogP contribution is 2.14. The molecule has 22 heavy (non-hydrogen) atoms. The van der Waals surface area contributed by atoms with Gasteiger partial charge in [0.25, 0.3) is 0 Å². The Bertz CT molecular complexity index is 456. The highest BCUT2D eigenvalue weighted by Gasteiger charge is 2.17. The summed E-state index contributed by atoms with van der Waals surface area (Å²) in [6, 6.07) is 7.54. The Morgan fingerprint density at radius 3 is 2.50 bits per heavy atom. The van der Waals surface area contributed by atoms with E-state index in [1.54, 1.807) is 6.92 Å². The first kappa shape index (κ1) is 18.6. The van der Waals surface area contributed by atoms with E-state index < -0.39 is 11.6 Å². The molecule has 3 N–H and O–H groups in total. The zero-order valence-electron chi connectivity index (χ0n) is 13.6. The average molecular weight is 309 g/mol. The lowest BCUT2D eigenvalue weighted by Gasteiger charge is -2.25. The van der Waals surface area contributed by atoms with Crippen LogP contribution in [0, 0.1) is 0 Å². The Morgan fingerprint density at radius 1 is 1.32 bits per heavy atom. The van der Waals surface area contributed by atoms with Crippen molar-refractivity contribution in [2.45, 2.75) is 45.3 Å². The van der Waals surface area contributed by atoms with Gasteiger partial charge in [-0.3, -0.25) is 0 Å². The minimum atomic E-state index is -0.650. The second-order valence-electron chi connectivity index (χ2n) is 6.23. The van der Waals surface area contributed by atoms with Gasteiger partial charge in [0.05, 0.1) is 6.61 Å². The molecule has 5 nitrogen and oxygen atoms in total. The molecule has 1 aromatic carbocycles. The Balaban J connectivity index is 2.33. The van der Waals surface area contributed by atoms with E-state index in [1.807, 2.05) is 38.1 Å². The normalized spacial score (nSPS) is 13.0. The molecule has 0 saturated heterocycles. The standard InChI is InChI=1S/C17H27NO4/c1-13(20)4-5-14-6-8-16(9-7-14)22-11-15(21)10-18-17(2,3)12-19/h6-9,15,18-19,21H,4-5,10-12H2,1-3H3/t15-/m1/s1. The quantitative estimate of drug-likeness (QED) is 0.607. The third kappa shape index (κ3) is 7.54. The van der Waals surface area contributed by atoms with Gasteiger partial charge in [-0.1, -0.05) is 12.1 Å². The van der Waals surface area contributed by atoms with Gasteiger partial charge in [0, 0.05) is 18.5 Å². The minimum absolute atomic E-state index is 0.00228. The van der Waals surface area contributed by atoms with Crippen LogP contribution in [0.1, 0.15) is 32.8 Å². The summed E-state index contributed by atoms with van der Waals surface area (Å²) in [5.74, 6) is 0.869. The van der Waals surface area contributed by atoms with E-state index in [4.69, 9.17) is 9.84 Å². The van der Waals surface area contributed by atoms with E-state index in [0.717, 1.165) is 12.0 Å². The molecule has 124 valence electrons. The van der Waals surface area contributed by atoms with Crippen LogP contribution in [0.2, 0.25) is 0 Å². The van der Waals surface area contributed by atoms with E-state index >= 15 is 0 Å². The van der Waals surface area contributed by atoms with Gasteiger partial charge in [0.15, 0.2) is 0 Å². The molecule has 0 bridgehead atoms. The zero-order chi connectivity index (χ0) is 16.6. The second kappa shape index (κ2) is 8.88. The van der Waals surface area contributed by atoms with Gasteiger partial charge < -0.3 is 25.1 Å². The SMILES string of the molecule is CC(=O)CCc1ccc(OC[C@H](O)CNC(C)(C)CO)cc1. The molecule has 0 aliphatic carbocycles. The van der Waals surface area contributed by atoms with Crippen molar-refractivity contribution in [3.05, 3.63) is 29.8 Å². The molecule has 0 spiro atoms. The van der Waals surface area contributed by atoms with Gasteiger partial charge in [0.1, 0.15) is 24.2 Å². The van der Waals surface area contributed by atoms with Gasteiger partial charge in [0.2, 0.25) is 0 Å². The molecule has 1 aromatic rings. The molecular formula is C17H27NO4. The Hall–Kier alpha value is -1.43. The fourth-order valence-electron chi connectivity index (χ4n) is 1.77. The number of hydrogen-bond acceptors (Lipinski definition) is 5. The van der Waals surface area contributed by atoms with Crippen molar-refractivity contribution in [2.24, 2.45) is 0 Å². The number of aryl methyl sites for hydroxylation is 1. The van der Waals surface area contributed by atoms with E-state index in [-0.39, 0.29) is 19.0 Å². The second-order valence-corrected chi connectivity index (χ2v) is 6.23. The first-order valence-corrected chi connectivity index (χ1v) is 7.57. The fourth-order valence-corrected chi connectivity index (χ4v) is 1.77. The van der Waals surface area contributed by atoms with Crippen LogP contribution in [-0.2, 0) is 11.2 Å². The van der Waals surface area contributed by atoms with Gasteiger partial charge in [-0.2, -0.15) is 0 Å². The van der Waals surface area contributed by atoms with E-state index in [2.05, 4.69) is 5.32 Å². The van der Waals surface area contributed by atoms with Crippen molar-refractivity contribution in [1.82, 2.24) is 5.32 Å². The lowest BCUT2D eigenvalue weighted by molar-refractivity contribution is -0.116. The summed E-state index contributed by atoms with van der Waals surface area (Å²) in [6.45, 7) is 5.85. The summed E-state index contributed by atoms with van der Waals surface area (Å²) in [6.07, 6.45) is 0.632. The zero-order valence-corrected chi connectivity index (χ0v) is 13.6.